The molecule has 0 amide bonds. The largest absolute Gasteiger partial charge is 0.493 e. The molecule has 4 aromatic rings. The second kappa shape index (κ2) is 8.57. The number of fused-ring (bicyclic) bond motifs is 2. The fourth-order valence-electron chi connectivity index (χ4n) is 3.80. The zero-order valence-electron chi connectivity index (χ0n) is 17.3. The number of aromatic carboxylic acids is 1. The van der Waals surface area contributed by atoms with Gasteiger partial charge < -0.3 is 18.9 Å². The minimum absolute atomic E-state index is 0.0682. The van der Waals surface area contributed by atoms with Crippen molar-refractivity contribution in [2.24, 2.45) is 0 Å². The molecule has 2 heterocycles. The molecule has 2 aromatic carbocycles. The number of carboxylic acids is 1. The van der Waals surface area contributed by atoms with Crippen LogP contribution < -0.4 is 4.74 Å². The molecule has 4 rings (SSSR count). The van der Waals surface area contributed by atoms with E-state index in [0.29, 0.717) is 43.7 Å². The molecule has 1 N–H and O–H groups in total. The number of carbonyl (C=O) groups is 1. The summed E-state index contributed by atoms with van der Waals surface area (Å²) in [5.74, 6) is -0.502. The smallest absolute Gasteiger partial charge is 0.437 e. The Bertz CT molecular complexity index is 1270. The molecule has 0 bridgehead atoms. The average molecular weight is 446 g/mol. The lowest BCUT2D eigenvalue weighted by molar-refractivity contribution is -0.141. The minimum atomic E-state index is -4.59. The van der Waals surface area contributed by atoms with Crippen LogP contribution in [-0.2, 0) is 19.1 Å². The zero-order valence-corrected chi connectivity index (χ0v) is 17.3. The third-order valence-electron chi connectivity index (χ3n) is 5.29. The van der Waals surface area contributed by atoms with Gasteiger partial charge in [-0.05, 0) is 48.6 Å². The third-order valence-corrected chi connectivity index (χ3v) is 5.29. The van der Waals surface area contributed by atoms with E-state index in [-0.39, 0.29) is 16.5 Å². The number of carboxylic acid groups (broad SMARTS) is 1. The lowest BCUT2D eigenvalue weighted by Crippen LogP contribution is -2.07. The number of ether oxygens (including phenoxy) is 1. The Morgan fingerprint density at radius 2 is 2.03 bits per heavy atom. The molecular formula is C23H21F3N2O4. The summed E-state index contributed by atoms with van der Waals surface area (Å²) in [4.78, 5) is 11.2. The number of rotatable bonds is 8. The van der Waals surface area contributed by atoms with Gasteiger partial charge >= 0.3 is 12.1 Å². The molecule has 0 unspecified atom stereocenters. The lowest BCUT2D eigenvalue weighted by atomic mass is 10.0. The van der Waals surface area contributed by atoms with Crippen LogP contribution in [0.25, 0.3) is 21.9 Å². The monoisotopic (exact) mass is 446 g/mol. The molecule has 0 aliphatic rings. The normalized spacial score (nSPS) is 12.0. The Labute approximate surface area is 181 Å². The van der Waals surface area contributed by atoms with Crippen molar-refractivity contribution in [2.45, 2.75) is 38.9 Å². The molecule has 6 nitrogen and oxygen atoms in total. The Hall–Kier alpha value is -3.49. The SMILES string of the molecule is CCCc1c(OCCCn2ccc3ccc(C(=O)O)cc32)ccc2c(C(F)(F)F)noc12. The van der Waals surface area contributed by atoms with Gasteiger partial charge in [0.15, 0.2) is 11.3 Å². The number of aryl methyl sites for hydroxylation is 2. The Balaban J connectivity index is 1.49. The number of aromatic nitrogens is 2. The molecule has 0 saturated heterocycles. The predicted octanol–water partition coefficient (Wildman–Crippen LogP) is 5.92. The Morgan fingerprint density at radius 3 is 2.75 bits per heavy atom. The van der Waals surface area contributed by atoms with Crippen molar-refractivity contribution < 1.29 is 32.3 Å². The van der Waals surface area contributed by atoms with Gasteiger partial charge in [-0.2, -0.15) is 13.2 Å². The Kier molecular flexibility index (Phi) is 5.82. The number of alkyl halides is 3. The number of hydrogen-bond donors (Lipinski definition) is 1. The molecule has 0 atom stereocenters. The summed E-state index contributed by atoms with van der Waals surface area (Å²) in [5, 5.41) is 13.3. The average Bonchev–Trinajstić information content (AvgIpc) is 3.36. The van der Waals surface area contributed by atoms with Crippen molar-refractivity contribution in [1.82, 2.24) is 9.72 Å². The maximum atomic E-state index is 13.1. The zero-order chi connectivity index (χ0) is 22.9. The van der Waals surface area contributed by atoms with E-state index in [4.69, 9.17) is 9.26 Å². The van der Waals surface area contributed by atoms with Crippen LogP contribution in [0.5, 0.6) is 5.75 Å². The highest BCUT2D eigenvalue weighted by atomic mass is 19.4. The van der Waals surface area contributed by atoms with Crippen molar-refractivity contribution >= 4 is 27.8 Å². The first-order valence-electron chi connectivity index (χ1n) is 10.2. The van der Waals surface area contributed by atoms with Gasteiger partial charge in [0.25, 0.3) is 0 Å². The van der Waals surface area contributed by atoms with Crippen molar-refractivity contribution in [1.29, 1.82) is 0 Å². The summed E-state index contributed by atoms with van der Waals surface area (Å²) in [5.41, 5.74) is 0.687. The first kappa shape index (κ1) is 21.7. The fraction of sp³-hybridized carbons (Fsp3) is 0.304. The molecule has 0 spiro atoms. The van der Waals surface area contributed by atoms with Crippen molar-refractivity contribution in [2.75, 3.05) is 6.61 Å². The van der Waals surface area contributed by atoms with Crippen LogP contribution >= 0.6 is 0 Å². The predicted molar refractivity (Wildman–Crippen MR) is 112 cm³/mol. The molecule has 2 aromatic heterocycles. The second-order valence-electron chi connectivity index (χ2n) is 7.49. The van der Waals surface area contributed by atoms with E-state index in [1.54, 1.807) is 18.2 Å². The van der Waals surface area contributed by atoms with Crippen LogP contribution in [0, 0.1) is 0 Å². The van der Waals surface area contributed by atoms with Crippen LogP contribution in [0.4, 0.5) is 13.2 Å². The van der Waals surface area contributed by atoms with Gasteiger partial charge in [-0.1, -0.05) is 24.6 Å². The summed E-state index contributed by atoms with van der Waals surface area (Å²) >= 11 is 0. The number of nitrogens with zero attached hydrogens (tertiary/aromatic N) is 2. The van der Waals surface area contributed by atoms with Crippen LogP contribution in [0.2, 0.25) is 0 Å². The molecule has 32 heavy (non-hydrogen) atoms. The lowest BCUT2D eigenvalue weighted by Gasteiger charge is -2.12. The molecule has 0 fully saturated rings. The summed E-state index contributed by atoms with van der Waals surface area (Å²) in [7, 11) is 0. The minimum Gasteiger partial charge on any atom is -0.493 e. The van der Waals surface area contributed by atoms with Gasteiger partial charge in [0.2, 0.25) is 0 Å². The van der Waals surface area contributed by atoms with Gasteiger partial charge in [0.05, 0.1) is 17.6 Å². The van der Waals surface area contributed by atoms with E-state index in [9.17, 15) is 23.1 Å². The van der Waals surface area contributed by atoms with Crippen LogP contribution in [0.3, 0.4) is 0 Å². The van der Waals surface area contributed by atoms with Crippen molar-refractivity contribution in [3.8, 4) is 5.75 Å². The van der Waals surface area contributed by atoms with E-state index in [2.05, 4.69) is 5.16 Å². The van der Waals surface area contributed by atoms with Gasteiger partial charge in [0, 0.05) is 23.8 Å². The van der Waals surface area contributed by atoms with Crippen molar-refractivity contribution in [3.63, 3.8) is 0 Å². The molecule has 0 aliphatic heterocycles. The maximum absolute atomic E-state index is 13.1. The molecule has 0 aliphatic carbocycles. The van der Waals surface area contributed by atoms with E-state index < -0.39 is 17.8 Å². The standard InChI is InChI=1S/C23H21F3N2O4/c1-2-4-16-19(8-7-17-20(16)32-27-21(17)23(24,25)26)31-12-3-10-28-11-9-14-5-6-15(22(29)30)13-18(14)28/h5-9,11,13H,2-4,10,12H2,1H3,(H,29,30). The van der Waals surface area contributed by atoms with Gasteiger partial charge in [-0.25, -0.2) is 4.79 Å². The summed E-state index contributed by atoms with van der Waals surface area (Å²) in [6.45, 7) is 2.85. The third kappa shape index (κ3) is 4.15. The summed E-state index contributed by atoms with van der Waals surface area (Å²) in [6.07, 6.45) is -0.873. The van der Waals surface area contributed by atoms with Crippen LogP contribution in [0.15, 0.2) is 47.1 Å². The molecular weight excluding hydrogens is 425 g/mol. The van der Waals surface area contributed by atoms with Crippen LogP contribution in [0.1, 0.15) is 41.4 Å². The maximum Gasteiger partial charge on any atom is 0.437 e. The number of benzene rings is 2. The molecule has 0 radical (unpaired) electrons. The van der Waals surface area contributed by atoms with Gasteiger partial charge in [0.1, 0.15) is 5.75 Å². The van der Waals surface area contributed by atoms with Gasteiger partial charge in [-0.3, -0.25) is 0 Å². The van der Waals surface area contributed by atoms with Crippen LogP contribution in [-0.4, -0.2) is 27.4 Å². The van der Waals surface area contributed by atoms with E-state index in [1.807, 2.05) is 23.8 Å². The number of hydrogen-bond acceptors (Lipinski definition) is 4. The quantitative estimate of drug-likeness (QED) is 0.340. The van der Waals surface area contributed by atoms with E-state index in [1.165, 1.54) is 12.1 Å². The van der Waals surface area contributed by atoms with E-state index in [0.717, 1.165) is 10.9 Å². The highest BCUT2D eigenvalue weighted by Gasteiger charge is 2.37. The molecule has 9 heteroatoms. The topological polar surface area (TPSA) is 77.5 Å². The summed E-state index contributed by atoms with van der Waals surface area (Å²) in [6, 6.07) is 9.74. The number of halogens is 3. The first-order chi connectivity index (χ1) is 15.3. The van der Waals surface area contributed by atoms with Crippen molar-refractivity contribution in [3.05, 3.63) is 59.4 Å². The van der Waals surface area contributed by atoms with Gasteiger partial charge in [-0.15, -0.1) is 0 Å². The second-order valence-corrected chi connectivity index (χ2v) is 7.49. The highest BCUT2D eigenvalue weighted by Crippen LogP contribution is 2.38. The Morgan fingerprint density at radius 1 is 1.22 bits per heavy atom. The first-order valence-corrected chi connectivity index (χ1v) is 10.2. The van der Waals surface area contributed by atoms with E-state index >= 15 is 0 Å². The fourth-order valence-corrected chi connectivity index (χ4v) is 3.80. The molecule has 0 saturated carbocycles. The highest BCUT2D eigenvalue weighted by molar-refractivity contribution is 5.93. The summed E-state index contributed by atoms with van der Waals surface area (Å²) < 4.78 is 52.3. The molecule has 168 valence electrons.